The smallest absolute Gasteiger partial charge is 0.203 e. The molecule has 1 rings (SSSR count). The number of aryl methyl sites for hydroxylation is 2. The second kappa shape index (κ2) is 5.89. The van der Waals surface area contributed by atoms with Gasteiger partial charge in [0.15, 0.2) is 0 Å². The van der Waals surface area contributed by atoms with Crippen molar-refractivity contribution in [2.45, 2.75) is 33.7 Å². The molecule has 1 N–H and O–H groups in total. The standard InChI is InChI=1S/C12H24N4/c1-6-16(7-2)9-11(4)14-12-13-10(3)8-15(12)5/h8,11H,6-7,9H2,1-5H3,(H,13,14). The van der Waals surface area contributed by atoms with E-state index >= 15 is 0 Å². The average molecular weight is 224 g/mol. The maximum atomic E-state index is 4.44. The minimum Gasteiger partial charge on any atom is -0.352 e. The number of imidazole rings is 1. The van der Waals surface area contributed by atoms with Crippen LogP contribution in [0.1, 0.15) is 26.5 Å². The molecule has 0 aliphatic carbocycles. The maximum absolute atomic E-state index is 4.44. The largest absolute Gasteiger partial charge is 0.352 e. The van der Waals surface area contributed by atoms with Crippen LogP contribution in [0.25, 0.3) is 0 Å². The van der Waals surface area contributed by atoms with E-state index in [0.29, 0.717) is 6.04 Å². The van der Waals surface area contributed by atoms with Crippen LogP contribution in [0.5, 0.6) is 0 Å². The first-order valence-corrected chi connectivity index (χ1v) is 6.05. The molecule has 16 heavy (non-hydrogen) atoms. The summed E-state index contributed by atoms with van der Waals surface area (Å²) in [5.74, 6) is 0.956. The zero-order chi connectivity index (χ0) is 12.1. The Morgan fingerprint density at radius 3 is 2.50 bits per heavy atom. The third-order valence-electron chi connectivity index (χ3n) is 2.80. The van der Waals surface area contributed by atoms with E-state index in [0.717, 1.165) is 31.3 Å². The van der Waals surface area contributed by atoms with Crippen molar-refractivity contribution in [2.24, 2.45) is 7.05 Å². The molecule has 0 radical (unpaired) electrons. The van der Waals surface area contributed by atoms with Crippen LogP contribution >= 0.6 is 0 Å². The lowest BCUT2D eigenvalue weighted by atomic mass is 10.3. The van der Waals surface area contributed by atoms with Gasteiger partial charge in [-0.2, -0.15) is 0 Å². The van der Waals surface area contributed by atoms with Crippen molar-refractivity contribution in [1.29, 1.82) is 0 Å². The van der Waals surface area contributed by atoms with Gasteiger partial charge in [-0.15, -0.1) is 0 Å². The molecule has 1 unspecified atom stereocenters. The van der Waals surface area contributed by atoms with Gasteiger partial charge in [0.1, 0.15) is 0 Å². The molecule has 0 aromatic carbocycles. The molecule has 0 bridgehead atoms. The molecule has 0 aliphatic heterocycles. The predicted octanol–water partition coefficient (Wildman–Crippen LogP) is 1.87. The van der Waals surface area contributed by atoms with E-state index in [1.54, 1.807) is 0 Å². The quantitative estimate of drug-likeness (QED) is 0.801. The van der Waals surface area contributed by atoms with Crippen molar-refractivity contribution in [2.75, 3.05) is 25.0 Å². The summed E-state index contributed by atoms with van der Waals surface area (Å²) in [6.45, 7) is 11.9. The Bertz CT molecular complexity index is 315. The number of nitrogens with one attached hydrogen (secondary N) is 1. The van der Waals surface area contributed by atoms with Crippen LogP contribution < -0.4 is 5.32 Å². The van der Waals surface area contributed by atoms with Gasteiger partial charge in [0.25, 0.3) is 0 Å². The maximum Gasteiger partial charge on any atom is 0.203 e. The van der Waals surface area contributed by atoms with Crippen molar-refractivity contribution >= 4 is 5.95 Å². The monoisotopic (exact) mass is 224 g/mol. The number of aromatic nitrogens is 2. The molecule has 4 nitrogen and oxygen atoms in total. The molecule has 92 valence electrons. The Labute approximate surface area is 98.7 Å². The molecule has 0 amide bonds. The first-order chi connectivity index (χ1) is 7.56. The summed E-state index contributed by atoms with van der Waals surface area (Å²) in [6, 6.07) is 0.417. The molecule has 1 aromatic rings. The third kappa shape index (κ3) is 3.52. The zero-order valence-corrected chi connectivity index (χ0v) is 11.1. The fourth-order valence-corrected chi connectivity index (χ4v) is 1.89. The Morgan fingerprint density at radius 2 is 2.06 bits per heavy atom. The Kier molecular flexibility index (Phi) is 4.80. The first-order valence-electron chi connectivity index (χ1n) is 6.05. The molecule has 0 aliphatic rings. The van der Waals surface area contributed by atoms with Gasteiger partial charge >= 0.3 is 0 Å². The molecular formula is C12H24N4. The highest BCUT2D eigenvalue weighted by Gasteiger charge is 2.09. The van der Waals surface area contributed by atoms with Crippen LogP contribution in [0, 0.1) is 6.92 Å². The van der Waals surface area contributed by atoms with Gasteiger partial charge in [0, 0.05) is 25.8 Å². The lowest BCUT2D eigenvalue weighted by Gasteiger charge is -2.23. The summed E-state index contributed by atoms with van der Waals surface area (Å²) < 4.78 is 2.04. The zero-order valence-electron chi connectivity index (χ0n) is 11.1. The van der Waals surface area contributed by atoms with E-state index in [1.807, 2.05) is 24.7 Å². The van der Waals surface area contributed by atoms with Gasteiger partial charge < -0.3 is 14.8 Å². The molecule has 4 heteroatoms. The number of likely N-dealkylation sites (N-methyl/N-ethyl adjacent to an activating group) is 1. The van der Waals surface area contributed by atoms with Gasteiger partial charge in [0.05, 0.1) is 5.69 Å². The van der Waals surface area contributed by atoms with E-state index in [-0.39, 0.29) is 0 Å². The van der Waals surface area contributed by atoms with E-state index in [9.17, 15) is 0 Å². The second-order valence-electron chi connectivity index (χ2n) is 4.35. The average Bonchev–Trinajstić information content (AvgIpc) is 2.54. The Hall–Kier alpha value is -1.03. The van der Waals surface area contributed by atoms with Crippen LogP contribution in [0.2, 0.25) is 0 Å². The Morgan fingerprint density at radius 1 is 1.44 bits per heavy atom. The molecule has 0 saturated heterocycles. The molecule has 0 spiro atoms. The summed E-state index contributed by atoms with van der Waals surface area (Å²) in [7, 11) is 2.02. The van der Waals surface area contributed by atoms with E-state index < -0.39 is 0 Å². The summed E-state index contributed by atoms with van der Waals surface area (Å²) in [6.07, 6.45) is 2.03. The summed E-state index contributed by atoms with van der Waals surface area (Å²) in [5.41, 5.74) is 1.06. The molecule has 1 heterocycles. The van der Waals surface area contributed by atoms with E-state index in [1.165, 1.54) is 0 Å². The van der Waals surface area contributed by atoms with Crippen molar-refractivity contribution in [1.82, 2.24) is 14.5 Å². The van der Waals surface area contributed by atoms with Crippen molar-refractivity contribution < 1.29 is 0 Å². The van der Waals surface area contributed by atoms with Crippen molar-refractivity contribution in [3.63, 3.8) is 0 Å². The van der Waals surface area contributed by atoms with Gasteiger partial charge in [-0.3, -0.25) is 0 Å². The van der Waals surface area contributed by atoms with Crippen molar-refractivity contribution in [3.8, 4) is 0 Å². The number of hydrogen-bond acceptors (Lipinski definition) is 3. The van der Waals surface area contributed by atoms with Gasteiger partial charge in [-0.1, -0.05) is 13.8 Å². The minimum atomic E-state index is 0.417. The van der Waals surface area contributed by atoms with Crippen LogP contribution in [-0.4, -0.2) is 40.1 Å². The van der Waals surface area contributed by atoms with Gasteiger partial charge in [0.2, 0.25) is 5.95 Å². The Balaban J connectivity index is 2.50. The number of hydrogen-bond donors (Lipinski definition) is 1. The number of rotatable bonds is 6. The second-order valence-corrected chi connectivity index (χ2v) is 4.35. The normalized spacial score (nSPS) is 13.1. The summed E-state index contributed by atoms with van der Waals surface area (Å²) in [5, 5.41) is 3.44. The summed E-state index contributed by atoms with van der Waals surface area (Å²) >= 11 is 0. The van der Waals surface area contributed by atoms with Crippen LogP contribution in [0.3, 0.4) is 0 Å². The number of nitrogens with zero attached hydrogens (tertiary/aromatic N) is 3. The highest BCUT2D eigenvalue weighted by atomic mass is 15.2. The first kappa shape index (κ1) is 13.0. The predicted molar refractivity (Wildman–Crippen MR) is 68.8 cm³/mol. The highest BCUT2D eigenvalue weighted by molar-refractivity contribution is 5.29. The van der Waals surface area contributed by atoms with Crippen LogP contribution in [0.15, 0.2) is 6.20 Å². The van der Waals surface area contributed by atoms with Crippen molar-refractivity contribution in [3.05, 3.63) is 11.9 Å². The fraction of sp³-hybridized carbons (Fsp3) is 0.750. The lowest BCUT2D eigenvalue weighted by Crippen LogP contribution is -2.35. The lowest BCUT2D eigenvalue weighted by molar-refractivity contribution is 0.294. The topological polar surface area (TPSA) is 33.1 Å². The molecule has 1 atom stereocenters. The fourth-order valence-electron chi connectivity index (χ4n) is 1.89. The molecule has 0 fully saturated rings. The minimum absolute atomic E-state index is 0.417. The van der Waals surface area contributed by atoms with Crippen LogP contribution in [0.4, 0.5) is 5.95 Å². The molecular weight excluding hydrogens is 200 g/mol. The highest BCUT2D eigenvalue weighted by Crippen LogP contribution is 2.07. The third-order valence-corrected chi connectivity index (χ3v) is 2.80. The molecule has 1 aromatic heterocycles. The molecule has 0 saturated carbocycles. The number of anilines is 1. The SMILES string of the molecule is CCN(CC)CC(C)Nc1nc(C)cn1C. The van der Waals surface area contributed by atoms with E-state index in [2.05, 4.69) is 36.0 Å². The van der Waals surface area contributed by atoms with E-state index in [4.69, 9.17) is 0 Å². The summed E-state index contributed by atoms with van der Waals surface area (Å²) in [4.78, 5) is 6.85. The van der Waals surface area contributed by atoms with Crippen LogP contribution in [-0.2, 0) is 7.05 Å². The van der Waals surface area contributed by atoms with Gasteiger partial charge in [-0.05, 0) is 26.9 Å². The van der Waals surface area contributed by atoms with Gasteiger partial charge in [-0.25, -0.2) is 4.98 Å².